The summed E-state index contributed by atoms with van der Waals surface area (Å²) < 4.78 is 65.9. The highest BCUT2D eigenvalue weighted by atomic mass is 32.1. The number of nitrogen functional groups attached to an aromatic ring is 1. The van der Waals surface area contributed by atoms with Gasteiger partial charge in [0, 0.05) is 0 Å². The first-order chi connectivity index (χ1) is 20.1. The van der Waals surface area contributed by atoms with E-state index in [1.54, 1.807) is 5.38 Å². The molecule has 2 aliphatic heterocycles. The summed E-state index contributed by atoms with van der Waals surface area (Å²) in [4.78, 5) is 60.5. The van der Waals surface area contributed by atoms with Gasteiger partial charge in [-0.1, -0.05) is 12.2 Å². The van der Waals surface area contributed by atoms with Crippen LogP contribution in [0.25, 0.3) is 11.2 Å². The number of nitriles is 1. The van der Waals surface area contributed by atoms with Gasteiger partial charge in [0.05, 0.1) is 18.5 Å². The van der Waals surface area contributed by atoms with Crippen LogP contribution in [0.5, 0.6) is 0 Å². The minimum absolute atomic E-state index is 0.0499. The van der Waals surface area contributed by atoms with Crippen LogP contribution in [0.4, 0.5) is 10.9 Å². The molecule has 5 rings (SSSR count). The molecule has 0 aliphatic carbocycles. The van der Waals surface area contributed by atoms with Gasteiger partial charge in [0.25, 0.3) is 5.91 Å². The number of nitrogens with zero attached hydrogens (tertiary/aromatic N) is 4. The largest absolute Gasteiger partial charge is 0.490 e. The van der Waals surface area contributed by atoms with Gasteiger partial charge in [0.15, 0.2) is 16.8 Å². The maximum atomic E-state index is 13.0. The van der Waals surface area contributed by atoms with Crippen LogP contribution in [0.3, 0.4) is 0 Å². The van der Waals surface area contributed by atoms with E-state index in [1.807, 2.05) is 6.07 Å². The maximum Gasteiger partial charge on any atom is 0.490 e. The molecule has 21 nitrogen and oxygen atoms in total. The lowest BCUT2D eigenvalue weighted by Gasteiger charge is -2.22. The molecule has 1 amide bonds. The third-order valence-corrected chi connectivity index (χ3v) is 10.6. The molecule has 2 saturated heterocycles. The summed E-state index contributed by atoms with van der Waals surface area (Å²) in [5.41, 5.74) is 6.42. The highest BCUT2D eigenvalue weighted by Gasteiger charge is 2.56. The fourth-order valence-electron chi connectivity index (χ4n) is 4.10. The summed E-state index contributed by atoms with van der Waals surface area (Å²) in [5.74, 6) is -0.870. The predicted octanol–water partition coefficient (Wildman–Crippen LogP) is 0.994. The van der Waals surface area contributed by atoms with Crippen LogP contribution >= 0.6 is 47.0 Å². The zero-order valence-corrected chi connectivity index (χ0v) is 25.0. The number of nitrogens with one attached hydrogen (secondary N) is 2. The number of amides is 1. The van der Waals surface area contributed by atoms with Gasteiger partial charge < -0.3 is 49.8 Å². The standard InChI is InChI=1S/C17H18N7O14P3S2/c18-3-6-1-2-43-14(6)22-12(25)16-35-9-7(4-33-40(29,30)38-41(31,32)37-39(26,27)28)34-15(10(9)36-16)24-5-20-8-11(24)21-17(19)23-13(8)42/h1-2,5,7,9-10,15-16H,4H2,(H,22,25)(H,29,30)(H,31,32)(H2,26,27,28)(H3,19,21,23,42)/t7?,9?,10?,15?,16-/m1/s1. The quantitative estimate of drug-likeness (QED) is 0.114. The number of aromatic amines is 1. The van der Waals surface area contributed by atoms with Crippen molar-refractivity contribution in [2.45, 2.75) is 30.8 Å². The van der Waals surface area contributed by atoms with Crippen molar-refractivity contribution >= 4 is 75.0 Å². The molecule has 232 valence electrons. The van der Waals surface area contributed by atoms with E-state index < -0.39 is 66.8 Å². The Hall–Kier alpha value is -2.48. The number of carbonyl (C=O) groups excluding carboxylic acids is 1. The fourth-order valence-corrected chi connectivity index (χ4v) is 8.12. The number of thiophene rings is 1. The monoisotopic (exact) mass is 701 g/mol. The number of hydrogen-bond donors (Lipinski definition) is 7. The van der Waals surface area contributed by atoms with Gasteiger partial charge in [0.2, 0.25) is 6.29 Å². The Balaban J connectivity index is 1.39. The topological polar surface area (TPSA) is 313 Å². The van der Waals surface area contributed by atoms with Crippen molar-refractivity contribution in [2.24, 2.45) is 0 Å². The number of anilines is 2. The molecule has 0 saturated carbocycles. The maximum absolute atomic E-state index is 13.0. The van der Waals surface area contributed by atoms with Crippen LogP contribution in [0.2, 0.25) is 0 Å². The molecule has 8 N–H and O–H groups in total. The average Bonchev–Trinajstić information content (AvgIpc) is 3.64. The number of H-pyrrole nitrogens is 1. The molecule has 2 aliphatic rings. The van der Waals surface area contributed by atoms with Crippen molar-refractivity contribution in [1.29, 1.82) is 5.26 Å². The van der Waals surface area contributed by atoms with Crippen molar-refractivity contribution < 1.29 is 65.4 Å². The molecule has 5 heterocycles. The summed E-state index contributed by atoms with van der Waals surface area (Å²) in [7, 11) is -16.9. The van der Waals surface area contributed by atoms with E-state index in [0.29, 0.717) is 0 Å². The van der Waals surface area contributed by atoms with Crippen LogP contribution in [0.1, 0.15) is 11.8 Å². The zero-order valence-electron chi connectivity index (χ0n) is 20.7. The lowest BCUT2D eigenvalue weighted by Crippen LogP contribution is -2.34. The van der Waals surface area contributed by atoms with Crippen LogP contribution in [-0.2, 0) is 45.8 Å². The minimum atomic E-state index is -5.78. The van der Waals surface area contributed by atoms with Crippen molar-refractivity contribution in [3.63, 3.8) is 0 Å². The van der Waals surface area contributed by atoms with Gasteiger partial charge in [0.1, 0.15) is 40.5 Å². The Kier molecular flexibility index (Phi) is 8.76. The first kappa shape index (κ1) is 31.9. The second-order valence-corrected chi connectivity index (χ2v) is 14.2. The second-order valence-electron chi connectivity index (χ2n) is 8.53. The minimum Gasteiger partial charge on any atom is -0.369 e. The Morgan fingerprint density at radius 2 is 1.93 bits per heavy atom. The molecule has 0 bridgehead atoms. The predicted molar refractivity (Wildman–Crippen MR) is 142 cm³/mol. The highest BCUT2D eigenvalue weighted by Crippen LogP contribution is 2.66. The van der Waals surface area contributed by atoms with Crippen molar-refractivity contribution in [3.8, 4) is 6.07 Å². The van der Waals surface area contributed by atoms with Crippen LogP contribution in [0.15, 0.2) is 17.8 Å². The van der Waals surface area contributed by atoms with Crippen molar-refractivity contribution in [2.75, 3.05) is 17.7 Å². The summed E-state index contributed by atoms with van der Waals surface area (Å²) in [5, 5.41) is 13.5. The van der Waals surface area contributed by atoms with Gasteiger partial charge in [-0.25, -0.2) is 23.7 Å². The summed E-state index contributed by atoms with van der Waals surface area (Å²) >= 11 is 6.25. The highest BCUT2D eigenvalue weighted by molar-refractivity contribution is 7.71. The number of rotatable bonds is 10. The molecular weight excluding hydrogens is 683 g/mol. The number of aromatic nitrogens is 4. The molecule has 3 aromatic rings. The lowest BCUT2D eigenvalue weighted by molar-refractivity contribution is -0.166. The smallest absolute Gasteiger partial charge is 0.369 e. The van der Waals surface area contributed by atoms with Gasteiger partial charge in [-0.05, 0) is 11.4 Å². The molecule has 3 aromatic heterocycles. The third-order valence-electron chi connectivity index (χ3n) is 5.64. The number of fused-ring (bicyclic) bond motifs is 2. The number of hydrogen-bond acceptors (Lipinski definition) is 16. The first-order valence-electron chi connectivity index (χ1n) is 11.3. The molecule has 0 aromatic carbocycles. The average molecular weight is 701 g/mol. The SMILES string of the molecule is N#Cc1ccsc1NC(=O)[C@@H]1OC2C(COP(=O)(O)OP(=O)(O)OP(=O)(O)O)OC(n3cnc4c(=S)nc(N)[nH]c43)C2O1. The second kappa shape index (κ2) is 11.8. The molecular formula is C17H18N7O14P3S2. The third kappa shape index (κ3) is 7.10. The molecule has 43 heavy (non-hydrogen) atoms. The molecule has 7 atom stereocenters. The van der Waals surface area contributed by atoms with E-state index in [0.717, 1.165) is 11.3 Å². The summed E-state index contributed by atoms with van der Waals surface area (Å²) in [6.07, 6.45) is -5.14. The Morgan fingerprint density at radius 1 is 1.21 bits per heavy atom. The van der Waals surface area contributed by atoms with Crippen LogP contribution < -0.4 is 11.1 Å². The van der Waals surface area contributed by atoms with Gasteiger partial charge >= 0.3 is 23.5 Å². The van der Waals surface area contributed by atoms with Crippen LogP contribution in [-0.4, -0.2) is 76.2 Å². The summed E-state index contributed by atoms with van der Waals surface area (Å²) in [6.45, 7) is -0.908. The lowest BCUT2D eigenvalue weighted by atomic mass is 10.1. The van der Waals surface area contributed by atoms with Gasteiger partial charge in [-0.2, -0.15) is 13.9 Å². The van der Waals surface area contributed by atoms with E-state index in [4.69, 9.17) is 46.5 Å². The number of carbonyl (C=O) groups is 1. The summed E-state index contributed by atoms with van der Waals surface area (Å²) in [6, 6.07) is 3.41. The Labute approximate surface area is 247 Å². The van der Waals surface area contributed by atoms with E-state index in [-0.39, 0.29) is 32.3 Å². The zero-order chi connectivity index (χ0) is 31.3. The molecule has 26 heteroatoms. The van der Waals surface area contributed by atoms with Crippen molar-refractivity contribution in [3.05, 3.63) is 28.0 Å². The fraction of sp³-hybridized carbons (Fsp3) is 0.353. The first-order valence-corrected chi connectivity index (χ1v) is 17.1. The van der Waals surface area contributed by atoms with E-state index in [1.165, 1.54) is 17.0 Å². The number of phosphoric acid groups is 3. The number of ether oxygens (including phenoxy) is 3. The van der Waals surface area contributed by atoms with E-state index in [9.17, 15) is 33.5 Å². The van der Waals surface area contributed by atoms with E-state index >= 15 is 0 Å². The van der Waals surface area contributed by atoms with Crippen molar-refractivity contribution in [1.82, 2.24) is 19.5 Å². The van der Waals surface area contributed by atoms with E-state index in [2.05, 4.69) is 28.9 Å². The normalized spacial score (nSPS) is 26.4. The van der Waals surface area contributed by atoms with Gasteiger partial charge in [-0.15, -0.1) is 11.3 Å². The Morgan fingerprint density at radius 3 is 2.63 bits per heavy atom. The number of phosphoric ester groups is 1. The molecule has 0 spiro atoms. The van der Waals surface area contributed by atoms with Crippen LogP contribution in [0, 0.1) is 16.0 Å². The molecule has 6 unspecified atom stereocenters. The molecule has 0 radical (unpaired) electrons. The number of imidazole rings is 1. The van der Waals surface area contributed by atoms with Gasteiger partial charge in [-0.3, -0.25) is 13.9 Å². The number of nitrogens with two attached hydrogens (primary N) is 1. The Bertz CT molecular complexity index is 1820. The molecule has 2 fully saturated rings.